The number of alkyl halides is 1. The SMILES string of the molecule is CCC1CCC(Br)C(CCOC)C1. The van der Waals surface area contributed by atoms with Gasteiger partial charge in [-0.25, -0.2) is 0 Å². The predicted octanol–water partition coefficient (Wildman–Crippen LogP) is 3.61. The Morgan fingerprint density at radius 3 is 2.77 bits per heavy atom. The van der Waals surface area contributed by atoms with Crippen LogP contribution in [-0.2, 0) is 4.74 Å². The first-order chi connectivity index (χ1) is 6.27. The first kappa shape index (κ1) is 11.5. The minimum absolute atomic E-state index is 0.741. The second-order valence-electron chi connectivity index (χ2n) is 4.14. The fraction of sp³-hybridized carbons (Fsp3) is 1.00. The first-order valence-corrected chi connectivity index (χ1v) is 6.32. The molecule has 0 radical (unpaired) electrons. The van der Waals surface area contributed by atoms with Crippen LogP contribution < -0.4 is 0 Å². The van der Waals surface area contributed by atoms with Crippen molar-refractivity contribution < 1.29 is 4.74 Å². The summed E-state index contributed by atoms with van der Waals surface area (Å²) in [5.74, 6) is 1.81. The van der Waals surface area contributed by atoms with Gasteiger partial charge in [0.1, 0.15) is 0 Å². The Morgan fingerprint density at radius 1 is 1.38 bits per heavy atom. The van der Waals surface area contributed by atoms with Crippen molar-refractivity contribution in [1.29, 1.82) is 0 Å². The van der Waals surface area contributed by atoms with Gasteiger partial charge in [0.15, 0.2) is 0 Å². The van der Waals surface area contributed by atoms with Gasteiger partial charge >= 0.3 is 0 Å². The van der Waals surface area contributed by atoms with Crippen LogP contribution in [0.5, 0.6) is 0 Å². The molecule has 0 saturated heterocycles. The zero-order chi connectivity index (χ0) is 9.68. The summed E-state index contributed by atoms with van der Waals surface area (Å²) in [4.78, 5) is 0.741. The number of hydrogen-bond acceptors (Lipinski definition) is 1. The number of methoxy groups -OCH3 is 1. The zero-order valence-electron chi connectivity index (χ0n) is 8.76. The molecule has 3 atom stereocenters. The van der Waals surface area contributed by atoms with Gasteiger partial charge in [-0.3, -0.25) is 0 Å². The molecule has 1 saturated carbocycles. The van der Waals surface area contributed by atoms with Gasteiger partial charge in [0.2, 0.25) is 0 Å². The minimum atomic E-state index is 0.741. The molecule has 13 heavy (non-hydrogen) atoms. The Labute approximate surface area is 90.4 Å². The van der Waals surface area contributed by atoms with Crippen LogP contribution in [0.25, 0.3) is 0 Å². The van der Waals surface area contributed by atoms with E-state index in [2.05, 4.69) is 22.9 Å². The van der Waals surface area contributed by atoms with Gasteiger partial charge in [0.05, 0.1) is 0 Å². The molecule has 0 aromatic heterocycles. The Hall–Kier alpha value is 0.440. The van der Waals surface area contributed by atoms with Crippen LogP contribution in [0.15, 0.2) is 0 Å². The zero-order valence-corrected chi connectivity index (χ0v) is 10.3. The predicted molar refractivity (Wildman–Crippen MR) is 60.3 cm³/mol. The molecular formula is C11H21BrO. The number of ether oxygens (including phenoxy) is 1. The average molecular weight is 249 g/mol. The molecule has 0 aromatic carbocycles. The van der Waals surface area contributed by atoms with Crippen LogP contribution in [0.1, 0.15) is 39.0 Å². The molecule has 0 heterocycles. The fourth-order valence-electron chi connectivity index (χ4n) is 2.26. The van der Waals surface area contributed by atoms with Crippen molar-refractivity contribution in [3.63, 3.8) is 0 Å². The Kier molecular flexibility index (Phi) is 5.34. The third-order valence-corrected chi connectivity index (χ3v) is 4.47. The van der Waals surface area contributed by atoms with Crippen LogP contribution >= 0.6 is 15.9 Å². The van der Waals surface area contributed by atoms with E-state index in [1.165, 1.54) is 32.1 Å². The van der Waals surface area contributed by atoms with Crippen molar-refractivity contribution in [2.75, 3.05) is 13.7 Å². The van der Waals surface area contributed by atoms with Crippen LogP contribution in [0.3, 0.4) is 0 Å². The summed E-state index contributed by atoms with van der Waals surface area (Å²) >= 11 is 3.79. The lowest BCUT2D eigenvalue weighted by molar-refractivity contribution is 0.156. The summed E-state index contributed by atoms with van der Waals surface area (Å²) in [6.45, 7) is 3.23. The van der Waals surface area contributed by atoms with Crippen molar-refractivity contribution in [3.8, 4) is 0 Å². The van der Waals surface area contributed by atoms with E-state index in [9.17, 15) is 0 Å². The lowest BCUT2D eigenvalue weighted by Crippen LogP contribution is -2.25. The van der Waals surface area contributed by atoms with E-state index in [-0.39, 0.29) is 0 Å². The molecule has 0 aliphatic heterocycles. The Balaban J connectivity index is 2.31. The maximum absolute atomic E-state index is 5.14. The van der Waals surface area contributed by atoms with Crippen LogP contribution in [0.4, 0.5) is 0 Å². The van der Waals surface area contributed by atoms with E-state index in [0.717, 1.165) is 23.3 Å². The van der Waals surface area contributed by atoms with Gasteiger partial charge in [0.25, 0.3) is 0 Å². The van der Waals surface area contributed by atoms with E-state index in [1.807, 2.05) is 0 Å². The third-order valence-electron chi connectivity index (χ3n) is 3.27. The molecule has 1 aliphatic carbocycles. The lowest BCUT2D eigenvalue weighted by atomic mass is 9.79. The summed E-state index contributed by atoms with van der Waals surface area (Å²) in [5.41, 5.74) is 0. The molecule has 0 amide bonds. The van der Waals surface area contributed by atoms with Gasteiger partial charge in [-0.2, -0.15) is 0 Å². The van der Waals surface area contributed by atoms with Crippen molar-refractivity contribution >= 4 is 15.9 Å². The molecule has 78 valence electrons. The smallest absolute Gasteiger partial charge is 0.0465 e. The quantitative estimate of drug-likeness (QED) is 0.691. The van der Waals surface area contributed by atoms with Crippen LogP contribution in [0.2, 0.25) is 0 Å². The lowest BCUT2D eigenvalue weighted by Gasteiger charge is -2.32. The summed E-state index contributed by atoms with van der Waals surface area (Å²) in [6, 6.07) is 0. The average Bonchev–Trinajstić information content (AvgIpc) is 2.17. The molecule has 0 spiro atoms. The molecule has 0 bridgehead atoms. The molecular weight excluding hydrogens is 228 g/mol. The summed E-state index contributed by atoms with van der Waals surface area (Å²) in [6.07, 6.45) is 6.74. The highest BCUT2D eigenvalue weighted by Gasteiger charge is 2.27. The van der Waals surface area contributed by atoms with Gasteiger partial charge in [-0.05, 0) is 37.5 Å². The van der Waals surface area contributed by atoms with E-state index in [0.29, 0.717) is 0 Å². The fourth-order valence-corrected chi connectivity index (χ4v) is 3.01. The highest BCUT2D eigenvalue weighted by atomic mass is 79.9. The monoisotopic (exact) mass is 248 g/mol. The third kappa shape index (κ3) is 3.59. The van der Waals surface area contributed by atoms with E-state index in [4.69, 9.17) is 4.74 Å². The molecule has 1 fully saturated rings. The minimum Gasteiger partial charge on any atom is -0.385 e. The normalized spacial score (nSPS) is 34.8. The Bertz CT molecular complexity index is 138. The van der Waals surface area contributed by atoms with Gasteiger partial charge in [-0.15, -0.1) is 0 Å². The number of rotatable bonds is 4. The molecule has 3 unspecified atom stereocenters. The second-order valence-corrected chi connectivity index (χ2v) is 5.32. The maximum Gasteiger partial charge on any atom is 0.0465 e. The van der Waals surface area contributed by atoms with Crippen LogP contribution in [-0.4, -0.2) is 18.5 Å². The maximum atomic E-state index is 5.14. The first-order valence-electron chi connectivity index (χ1n) is 5.41. The van der Waals surface area contributed by atoms with Gasteiger partial charge in [0, 0.05) is 18.5 Å². The van der Waals surface area contributed by atoms with Crippen molar-refractivity contribution in [1.82, 2.24) is 0 Å². The molecule has 1 nitrogen and oxygen atoms in total. The number of hydrogen-bond donors (Lipinski definition) is 0. The molecule has 1 aliphatic rings. The van der Waals surface area contributed by atoms with Crippen molar-refractivity contribution in [2.45, 2.75) is 43.9 Å². The second kappa shape index (κ2) is 6.02. The number of halogens is 1. The van der Waals surface area contributed by atoms with E-state index in [1.54, 1.807) is 7.11 Å². The van der Waals surface area contributed by atoms with E-state index >= 15 is 0 Å². The van der Waals surface area contributed by atoms with Gasteiger partial charge in [-0.1, -0.05) is 29.3 Å². The van der Waals surface area contributed by atoms with Crippen molar-refractivity contribution in [3.05, 3.63) is 0 Å². The summed E-state index contributed by atoms with van der Waals surface area (Å²) in [7, 11) is 1.80. The highest BCUT2D eigenvalue weighted by molar-refractivity contribution is 9.09. The van der Waals surface area contributed by atoms with Crippen molar-refractivity contribution in [2.24, 2.45) is 11.8 Å². The largest absolute Gasteiger partial charge is 0.385 e. The molecule has 2 heteroatoms. The Morgan fingerprint density at radius 2 is 2.15 bits per heavy atom. The highest BCUT2D eigenvalue weighted by Crippen LogP contribution is 2.36. The van der Waals surface area contributed by atoms with E-state index < -0.39 is 0 Å². The molecule has 0 aromatic rings. The summed E-state index contributed by atoms with van der Waals surface area (Å²) in [5, 5.41) is 0. The van der Waals surface area contributed by atoms with Crippen LogP contribution in [0, 0.1) is 11.8 Å². The summed E-state index contributed by atoms with van der Waals surface area (Å²) < 4.78 is 5.14. The van der Waals surface area contributed by atoms with Gasteiger partial charge < -0.3 is 4.74 Å². The molecule has 1 rings (SSSR count). The molecule has 0 N–H and O–H groups in total. The standard InChI is InChI=1S/C11H21BrO/c1-3-9-4-5-11(12)10(8-9)6-7-13-2/h9-11H,3-8H2,1-2H3. The topological polar surface area (TPSA) is 9.23 Å².